The first kappa shape index (κ1) is 23.7. The van der Waals surface area contributed by atoms with Gasteiger partial charge in [-0.15, -0.1) is 0 Å². The first-order chi connectivity index (χ1) is 16.1. The second-order valence-electron chi connectivity index (χ2n) is 7.03. The zero-order valence-corrected chi connectivity index (χ0v) is 18.9. The number of nitrogens with one attached hydrogen (secondary N) is 1. The molecule has 0 saturated carbocycles. The highest BCUT2D eigenvalue weighted by atomic mass is 35.5. The number of sulfonamides is 1. The summed E-state index contributed by atoms with van der Waals surface area (Å²) in [4.78, 5) is 11.9. The normalized spacial score (nSPS) is 15.0. The van der Waals surface area contributed by atoms with Gasteiger partial charge < -0.3 is 14.2 Å². The molecule has 12 heteroatoms. The van der Waals surface area contributed by atoms with Crippen molar-refractivity contribution in [1.29, 1.82) is 0 Å². The second-order valence-corrected chi connectivity index (χ2v) is 9.09. The van der Waals surface area contributed by atoms with Crippen LogP contribution in [0, 0.1) is 17.5 Å². The highest BCUT2D eigenvalue weighted by Gasteiger charge is 2.27. The van der Waals surface area contributed by atoms with Crippen LogP contribution >= 0.6 is 11.6 Å². The van der Waals surface area contributed by atoms with Crippen LogP contribution in [0.1, 0.15) is 10.4 Å². The van der Waals surface area contributed by atoms with E-state index < -0.39 is 44.0 Å². The van der Waals surface area contributed by atoms with Crippen LogP contribution in [0.3, 0.4) is 0 Å². The number of ether oxygens (including phenoxy) is 3. The van der Waals surface area contributed by atoms with E-state index in [-0.39, 0.29) is 46.4 Å². The van der Waals surface area contributed by atoms with E-state index in [1.54, 1.807) is 0 Å². The Hall–Kier alpha value is -3.44. The Labute approximate surface area is 197 Å². The molecular formula is C22H15ClF3NO6S. The van der Waals surface area contributed by atoms with Crippen LogP contribution in [0.25, 0.3) is 11.1 Å². The Bertz CT molecular complexity index is 1410. The summed E-state index contributed by atoms with van der Waals surface area (Å²) in [5.41, 5.74) is -1.31. The molecular weight excluding hydrogens is 499 g/mol. The number of cyclic esters (lactones) is 1. The minimum absolute atomic E-state index is 0.00286. The summed E-state index contributed by atoms with van der Waals surface area (Å²) in [5, 5.41) is -0.221. The Balaban J connectivity index is 1.96. The third-order valence-electron chi connectivity index (χ3n) is 4.85. The molecule has 4 bridgehead atoms. The maximum atomic E-state index is 14.7. The Morgan fingerprint density at radius 3 is 2.44 bits per heavy atom. The van der Waals surface area contributed by atoms with Crippen molar-refractivity contribution in [3.8, 4) is 22.6 Å². The van der Waals surface area contributed by atoms with Gasteiger partial charge in [0.2, 0.25) is 0 Å². The topological polar surface area (TPSA) is 90.9 Å². The third kappa shape index (κ3) is 4.48. The fourth-order valence-electron chi connectivity index (χ4n) is 3.32. The number of benzene rings is 3. The summed E-state index contributed by atoms with van der Waals surface area (Å²) < 4.78 is 87.2. The zero-order chi connectivity index (χ0) is 24.6. The molecule has 3 aromatic rings. The van der Waals surface area contributed by atoms with Crippen molar-refractivity contribution in [3.05, 3.63) is 70.5 Å². The van der Waals surface area contributed by atoms with E-state index in [1.165, 1.54) is 6.07 Å². The number of rotatable bonds is 1. The van der Waals surface area contributed by atoms with E-state index in [0.717, 1.165) is 37.4 Å². The van der Waals surface area contributed by atoms with Crippen molar-refractivity contribution in [2.24, 2.45) is 0 Å². The molecule has 0 radical (unpaired) electrons. The molecule has 1 aliphatic heterocycles. The summed E-state index contributed by atoms with van der Waals surface area (Å²) in [6.45, 7) is -0.482. The van der Waals surface area contributed by atoms with Gasteiger partial charge in [0.25, 0.3) is 10.0 Å². The molecule has 0 amide bonds. The quantitative estimate of drug-likeness (QED) is 0.471. The molecule has 1 aliphatic rings. The number of hydrogen-bond acceptors (Lipinski definition) is 6. The molecule has 0 unspecified atom stereocenters. The lowest BCUT2D eigenvalue weighted by atomic mass is 10.0. The van der Waals surface area contributed by atoms with E-state index in [4.69, 9.17) is 25.8 Å². The summed E-state index contributed by atoms with van der Waals surface area (Å²) in [7, 11) is -3.47. The van der Waals surface area contributed by atoms with Gasteiger partial charge in [0.15, 0.2) is 5.75 Å². The van der Waals surface area contributed by atoms with E-state index in [1.807, 2.05) is 4.72 Å². The summed E-state index contributed by atoms with van der Waals surface area (Å²) in [6, 6.07) is 6.63. The van der Waals surface area contributed by atoms with E-state index >= 15 is 0 Å². The molecule has 0 saturated heterocycles. The van der Waals surface area contributed by atoms with Crippen LogP contribution in [0.4, 0.5) is 18.9 Å². The Morgan fingerprint density at radius 2 is 1.71 bits per heavy atom. The first-order valence-corrected chi connectivity index (χ1v) is 11.5. The fourth-order valence-corrected chi connectivity index (χ4v) is 4.95. The third-order valence-corrected chi connectivity index (χ3v) is 6.50. The molecule has 0 spiro atoms. The van der Waals surface area contributed by atoms with Gasteiger partial charge in [0, 0.05) is 17.2 Å². The maximum absolute atomic E-state index is 14.7. The van der Waals surface area contributed by atoms with Crippen molar-refractivity contribution in [1.82, 2.24) is 0 Å². The van der Waals surface area contributed by atoms with Crippen molar-refractivity contribution < 1.29 is 40.6 Å². The van der Waals surface area contributed by atoms with Crippen molar-refractivity contribution >= 4 is 33.3 Å². The highest BCUT2D eigenvalue weighted by Crippen LogP contribution is 2.38. The monoisotopic (exact) mass is 513 g/mol. The van der Waals surface area contributed by atoms with Gasteiger partial charge in [0.05, 0.1) is 23.4 Å². The molecule has 3 aromatic carbocycles. The van der Waals surface area contributed by atoms with Crippen molar-refractivity contribution in [2.45, 2.75) is 4.90 Å². The number of fused-ring (bicyclic) bond motifs is 6. The Kier molecular flexibility index (Phi) is 6.32. The fraction of sp³-hybridized carbons (Fsp3) is 0.136. The summed E-state index contributed by atoms with van der Waals surface area (Å²) >= 11 is 6.10. The number of esters is 1. The maximum Gasteiger partial charge on any atom is 0.338 e. The second kappa shape index (κ2) is 9.07. The number of halogens is 4. The van der Waals surface area contributed by atoms with Gasteiger partial charge in [0.1, 0.15) is 41.3 Å². The number of hydrogen-bond donors (Lipinski definition) is 1. The number of carbonyl (C=O) groups is 1. The van der Waals surface area contributed by atoms with Gasteiger partial charge in [-0.25, -0.2) is 26.4 Å². The van der Waals surface area contributed by atoms with Crippen LogP contribution in [-0.2, 0) is 14.8 Å². The molecule has 0 aliphatic carbocycles. The van der Waals surface area contributed by atoms with Crippen molar-refractivity contribution in [3.63, 3.8) is 0 Å². The minimum atomic E-state index is -4.62. The van der Waals surface area contributed by atoms with Gasteiger partial charge in [-0.3, -0.25) is 4.72 Å². The number of methoxy groups -OCH3 is 1. The molecule has 4 rings (SSSR count). The lowest BCUT2D eigenvalue weighted by Gasteiger charge is -2.16. The molecule has 178 valence electrons. The van der Waals surface area contributed by atoms with Gasteiger partial charge >= 0.3 is 5.97 Å². The average molecular weight is 514 g/mol. The molecule has 0 atom stereocenters. The minimum Gasteiger partial charge on any atom is -0.494 e. The van der Waals surface area contributed by atoms with E-state index in [0.29, 0.717) is 6.07 Å². The van der Waals surface area contributed by atoms with Gasteiger partial charge in [-0.1, -0.05) is 11.6 Å². The smallest absolute Gasteiger partial charge is 0.338 e. The average Bonchev–Trinajstić information content (AvgIpc) is 2.78. The molecule has 0 fully saturated rings. The standard InChI is InChI=1S/C22H15ClF3NO6S/c1-31-21-15(23)6-11-7-20(21)34(29,30)27-18-9-13(16(25)10-17(18)26)14-8-12(24)2-3-19(14)32-4-5-33-22(11)28/h2-3,6-10,27H,4-5H2,1H3. The van der Waals surface area contributed by atoms with E-state index in [2.05, 4.69) is 0 Å². The van der Waals surface area contributed by atoms with Crippen LogP contribution in [0.15, 0.2) is 47.4 Å². The summed E-state index contributed by atoms with van der Waals surface area (Å²) in [5.74, 6) is -4.31. The summed E-state index contributed by atoms with van der Waals surface area (Å²) in [6.07, 6.45) is 0. The SMILES string of the molecule is COc1c(Cl)cc2cc1S(=O)(=O)Nc1cc(c(F)cc1F)-c1cc(F)ccc1OCCOC2=O. The molecule has 1 heterocycles. The molecule has 7 nitrogen and oxygen atoms in total. The van der Waals surface area contributed by atoms with Crippen LogP contribution in [-0.4, -0.2) is 34.7 Å². The molecule has 1 N–H and O–H groups in total. The zero-order valence-electron chi connectivity index (χ0n) is 17.3. The first-order valence-electron chi connectivity index (χ1n) is 9.60. The lowest BCUT2D eigenvalue weighted by Crippen LogP contribution is -2.17. The Morgan fingerprint density at radius 1 is 0.971 bits per heavy atom. The lowest BCUT2D eigenvalue weighted by molar-refractivity contribution is 0.0450. The van der Waals surface area contributed by atoms with Gasteiger partial charge in [-0.05, 0) is 36.4 Å². The predicted octanol–water partition coefficient (Wildman–Crippen LogP) is 4.78. The molecule has 34 heavy (non-hydrogen) atoms. The predicted molar refractivity (Wildman–Crippen MR) is 116 cm³/mol. The highest BCUT2D eigenvalue weighted by molar-refractivity contribution is 7.92. The van der Waals surface area contributed by atoms with Crippen LogP contribution in [0.2, 0.25) is 5.02 Å². The van der Waals surface area contributed by atoms with Crippen molar-refractivity contribution in [2.75, 3.05) is 25.0 Å². The molecule has 0 aromatic heterocycles. The van der Waals surface area contributed by atoms with E-state index in [9.17, 15) is 26.4 Å². The van der Waals surface area contributed by atoms with Crippen LogP contribution < -0.4 is 14.2 Å². The number of anilines is 1. The van der Waals surface area contributed by atoms with Gasteiger partial charge in [-0.2, -0.15) is 0 Å². The largest absolute Gasteiger partial charge is 0.494 e. The van der Waals surface area contributed by atoms with Crippen LogP contribution in [0.5, 0.6) is 11.5 Å². The number of carbonyl (C=O) groups excluding carboxylic acids is 1.